The van der Waals surface area contributed by atoms with Crippen molar-refractivity contribution in [1.82, 2.24) is 10.6 Å². The first-order valence-corrected chi connectivity index (χ1v) is 11.0. The van der Waals surface area contributed by atoms with Gasteiger partial charge in [0.25, 0.3) is 0 Å². The molecule has 9 nitrogen and oxygen atoms in total. The second-order valence-electron chi connectivity index (χ2n) is 7.94. The number of aliphatic carboxylic acids is 1. The summed E-state index contributed by atoms with van der Waals surface area (Å²) in [5.74, 6) is -2.12. The van der Waals surface area contributed by atoms with E-state index in [2.05, 4.69) is 20.9 Å². The van der Waals surface area contributed by atoms with Crippen molar-refractivity contribution < 1.29 is 24.6 Å². The number of azo groups is 1. The van der Waals surface area contributed by atoms with Crippen molar-refractivity contribution in [2.75, 3.05) is 0 Å². The van der Waals surface area contributed by atoms with Crippen LogP contribution in [0.3, 0.4) is 0 Å². The van der Waals surface area contributed by atoms with Gasteiger partial charge >= 0.3 is 5.97 Å². The summed E-state index contributed by atoms with van der Waals surface area (Å²) in [5.41, 5.74) is 2.76. The third-order valence-electron chi connectivity index (χ3n) is 5.10. The van der Waals surface area contributed by atoms with E-state index in [-0.39, 0.29) is 18.6 Å². The van der Waals surface area contributed by atoms with Crippen LogP contribution in [0, 0.1) is 0 Å². The molecule has 0 fully saturated rings. The van der Waals surface area contributed by atoms with Crippen molar-refractivity contribution in [2.45, 2.75) is 31.8 Å². The number of phenols is 1. The Hall–Kier alpha value is -4.53. The summed E-state index contributed by atoms with van der Waals surface area (Å²) in [6, 6.07) is 20.4. The average Bonchev–Trinajstić information content (AvgIpc) is 2.85. The molecule has 3 aromatic carbocycles. The highest BCUT2D eigenvalue weighted by Gasteiger charge is 2.24. The molecule has 0 aromatic heterocycles. The number of carboxylic acids is 1. The molecule has 35 heavy (non-hydrogen) atoms. The smallest absolute Gasteiger partial charge is 0.325 e. The molecular weight excluding hydrogens is 448 g/mol. The average molecular weight is 475 g/mol. The van der Waals surface area contributed by atoms with Crippen LogP contribution in [0.4, 0.5) is 11.4 Å². The zero-order valence-corrected chi connectivity index (χ0v) is 19.1. The Morgan fingerprint density at radius 1 is 0.800 bits per heavy atom. The van der Waals surface area contributed by atoms with Crippen molar-refractivity contribution >= 4 is 29.2 Å². The number of carboxylic acid groups (broad SMARTS) is 1. The van der Waals surface area contributed by atoms with E-state index in [9.17, 15) is 19.5 Å². The number of benzene rings is 3. The van der Waals surface area contributed by atoms with Gasteiger partial charge in [-0.1, -0.05) is 42.5 Å². The fourth-order valence-electron chi connectivity index (χ4n) is 3.17. The van der Waals surface area contributed by atoms with Crippen LogP contribution in [0.2, 0.25) is 0 Å². The number of amides is 2. The lowest BCUT2D eigenvalue weighted by atomic mass is 10.0. The number of carbonyl (C=O) groups excluding carboxylic acids is 2. The van der Waals surface area contributed by atoms with Gasteiger partial charge in [-0.2, -0.15) is 10.2 Å². The highest BCUT2D eigenvalue weighted by molar-refractivity contribution is 5.91. The van der Waals surface area contributed by atoms with Crippen molar-refractivity contribution in [3.05, 3.63) is 90.0 Å². The summed E-state index contributed by atoms with van der Waals surface area (Å²) in [5, 5.41) is 32.0. The molecule has 0 radical (unpaired) electrons. The Morgan fingerprint density at radius 3 is 1.97 bits per heavy atom. The molecule has 3 aromatic rings. The summed E-state index contributed by atoms with van der Waals surface area (Å²) in [6.07, 6.45) is 0.146. The molecule has 4 N–H and O–H groups in total. The van der Waals surface area contributed by atoms with Crippen LogP contribution in [0.1, 0.15) is 18.1 Å². The van der Waals surface area contributed by atoms with Gasteiger partial charge in [-0.15, -0.1) is 0 Å². The number of carbonyl (C=O) groups is 3. The SMILES string of the molecule is C[C@H](NC(=O)[C@H](Cc1ccc(O)cc1)NC(=O)Cc1ccc(N=Nc2ccccc2)cc1)C(=O)O. The Bertz CT molecular complexity index is 1180. The summed E-state index contributed by atoms with van der Waals surface area (Å²) in [7, 11) is 0. The number of hydrogen-bond donors (Lipinski definition) is 4. The maximum atomic E-state index is 12.7. The number of rotatable bonds is 10. The van der Waals surface area contributed by atoms with Gasteiger partial charge in [-0.05, 0) is 54.4 Å². The van der Waals surface area contributed by atoms with Gasteiger partial charge in [-0.25, -0.2) is 0 Å². The minimum absolute atomic E-state index is 0.0178. The number of nitrogens with one attached hydrogen (secondary N) is 2. The summed E-state index contributed by atoms with van der Waals surface area (Å²) in [4.78, 5) is 36.5. The van der Waals surface area contributed by atoms with E-state index in [0.717, 1.165) is 5.69 Å². The summed E-state index contributed by atoms with van der Waals surface area (Å²) in [6.45, 7) is 1.34. The molecule has 0 aliphatic rings. The van der Waals surface area contributed by atoms with E-state index in [1.54, 1.807) is 36.4 Å². The molecule has 180 valence electrons. The van der Waals surface area contributed by atoms with E-state index in [0.29, 0.717) is 16.8 Å². The fraction of sp³-hybridized carbons (Fsp3) is 0.192. The first-order valence-electron chi connectivity index (χ1n) is 11.0. The third kappa shape index (κ3) is 8.08. The fourth-order valence-corrected chi connectivity index (χ4v) is 3.17. The van der Waals surface area contributed by atoms with Gasteiger partial charge in [0, 0.05) is 6.42 Å². The molecule has 2 amide bonds. The van der Waals surface area contributed by atoms with E-state index < -0.39 is 29.9 Å². The van der Waals surface area contributed by atoms with Crippen molar-refractivity contribution in [2.24, 2.45) is 10.2 Å². The highest BCUT2D eigenvalue weighted by atomic mass is 16.4. The van der Waals surface area contributed by atoms with Gasteiger partial charge in [0.1, 0.15) is 17.8 Å². The zero-order chi connectivity index (χ0) is 25.2. The van der Waals surface area contributed by atoms with Crippen LogP contribution < -0.4 is 10.6 Å². The van der Waals surface area contributed by atoms with Crippen LogP contribution in [0.5, 0.6) is 5.75 Å². The predicted molar refractivity (Wildman–Crippen MR) is 130 cm³/mol. The standard InChI is InChI=1S/C26H26N4O5/c1-17(26(34)35)27-25(33)23(15-18-9-13-22(31)14-10-18)28-24(32)16-19-7-11-21(12-8-19)30-29-20-5-3-2-4-6-20/h2-14,17,23,31H,15-16H2,1H3,(H,27,33)(H,28,32)(H,34,35)/t17-,23-/m0/s1. The van der Waals surface area contributed by atoms with E-state index in [1.165, 1.54) is 19.1 Å². The van der Waals surface area contributed by atoms with Gasteiger partial charge in [0.15, 0.2) is 0 Å². The van der Waals surface area contributed by atoms with Gasteiger partial charge < -0.3 is 20.8 Å². The number of nitrogens with zero attached hydrogens (tertiary/aromatic N) is 2. The molecule has 0 aliphatic heterocycles. The molecule has 0 saturated carbocycles. The lowest BCUT2D eigenvalue weighted by molar-refractivity contribution is -0.141. The second kappa shape index (κ2) is 12.1. The van der Waals surface area contributed by atoms with E-state index in [4.69, 9.17) is 5.11 Å². The molecule has 0 spiro atoms. The van der Waals surface area contributed by atoms with Gasteiger partial charge in [0.05, 0.1) is 17.8 Å². The van der Waals surface area contributed by atoms with Crippen LogP contribution in [0.25, 0.3) is 0 Å². The lowest BCUT2D eigenvalue weighted by Crippen LogP contribution is -2.52. The van der Waals surface area contributed by atoms with Crippen LogP contribution >= 0.6 is 0 Å². The second-order valence-corrected chi connectivity index (χ2v) is 7.94. The largest absolute Gasteiger partial charge is 0.508 e. The van der Waals surface area contributed by atoms with E-state index in [1.807, 2.05) is 30.3 Å². The van der Waals surface area contributed by atoms with Crippen LogP contribution in [-0.2, 0) is 27.2 Å². The summed E-state index contributed by atoms with van der Waals surface area (Å²) >= 11 is 0. The van der Waals surface area contributed by atoms with Crippen molar-refractivity contribution in [3.63, 3.8) is 0 Å². The maximum Gasteiger partial charge on any atom is 0.325 e. The minimum atomic E-state index is -1.18. The molecule has 0 bridgehead atoms. The number of hydrogen-bond acceptors (Lipinski definition) is 6. The van der Waals surface area contributed by atoms with Gasteiger partial charge in [0.2, 0.25) is 11.8 Å². The zero-order valence-electron chi connectivity index (χ0n) is 19.1. The Balaban J connectivity index is 1.64. The molecule has 0 heterocycles. The normalized spacial score (nSPS) is 12.6. The van der Waals surface area contributed by atoms with Crippen molar-refractivity contribution in [3.8, 4) is 5.75 Å². The molecule has 0 aliphatic carbocycles. The molecule has 0 unspecified atom stereocenters. The molecule has 0 saturated heterocycles. The molecule has 2 atom stereocenters. The Morgan fingerprint density at radius 2 is 1.37 bits per heavy atom. The molecule has 3 rings (SSSR count). The highest BCUT2D eigenvalue weighted by Crippen LogP contribution is 2.18. The van der Waals surface area contributed by atoms with E-state index >= 15 is 0 Å². The monoisotopic (exact) mass is 474 g/mol. The first-order chi connectivity index (χ1) is 16.8. The lowest BCUT2D eigenvalue weighted by Gasteiger charge is -2.20. The third-order valence-corrected chi connectivity index (χ3v) is 5.10. The first kappa shape index (κ1) is 25.1. The Kier molecular flexibility index (Phi) is 8.66. The predicted octanol–water partition coefficient (Wildman–Crippen LogP) is 3.67. The summed E-state index contributed by atoms with van der Waals surface area (Å²) < 4.78 is 0. The van der Waals surface area contributed by atoms with Crippen molar-refractivity contribution in [1.29, 1.82) is 0 Å². The molecular formula is C26H26N4O5. The quantitative estimate of drug-likeness (QED) is 0.332. The number of phenolic OH excluding ortho intramolecular Hbond substituents is 1. The number of aromatic hydroxyl groups is 1. The van der Waals surface area contributed by atoms with Gasteiger partial charge in [-0.3, -0.25) is 14.4 Å². The maximum absolute atomic E-state index is 12.7. The Labute approximate surface area is 202 Å². The topological polar surface area (TPSA) is 140 Å². The molecule has 9 heteroatoms. The minimum Gasteiger partial charge on any atom is -0.508 e. The van der Waals surface area contributed by atoms with Crippen LogP contribution in [0.15, 0.2) is 89.1 Å². The van der Waals surface area contributed by atoms with Crippen LogP contribution in [-0.4, -0.2) is 40.1 Å².